The molecule has 17 heavy (non-hydrogen) atoms. The maximum atomic E-state index is 11.8. The van der Waals surface area contributed by atoms with Crippen LogP contribution in [0.5, 0.6) is 11.5 Å². The largest absolute Gasteiger partial charge is 0.507 e. The van der Waals surface area contributed by atoms with Gasteiger partial charge in [0, 0.05) is 12.1 Å². The number of hydrogen-bond acceptors (Lipinski definition) is 4. The maximum Gasteiger partial charge on any atom is 0.259 e. The number of amides is 1. The van der Waals surface area contributed by atoms with Gasteiger partial charge in [-0.2, -0.15) is 0 Å². The fourth-order valence-corrected chi connectivity index (χ4v) is 1.67. The number of hydrogen-bond donors (Lipinski definition) is 4. The van der Waals surface area contributed by atoms with E-state index in [1.807, 2.05) is 13.8 Å². The van der Waals surface area contributed by atoms with E-state index in [9.17, 15) is 15.0 Å². The Morgan fingerprint density at radius 2 is 1.88 bits per heavy atom. The molecule has 0 saturated carbocycles. The summed E-state index contributed by atoms with van der Waals surface area (Å²) in [5.41, 5.74) is 5.51. The number of phenols is 2. The van der Waals surface area contributed by atoms with Gasteiger partial charge >= 0.3 is 0 Å². The summed E-state index contributed by atoms with van der Waals surface area (Å²) in [5.74, 6) is -0.986. The number of carbonyl (C=O) groups excluding carboxylic acids is 1. The molecule has 1 aromatic carbocycles. The van der Waals surface area contributed by atoms with Crippen LogP contribution in [0.2, 0.25) is 0 Å². The number of nitrogens with two attached hydrogens (primary N) is 1. The summed E-state index contributed by atoms with van der Waals surface area (Å²) >= 11 is 0. The minimum Gasteiger partial charge on any atom is -0.507 e. The van der Waals surface area contributed by atoms with Crippen LogP contribution in [0.1, 0.15) is 30.6 Å². The Morgan fingerprint density at radius 1 is 1.35 bits per heavy atom. The molecule has 0 fully saturated rings. The molecule has 5 heteroatoms. The first kappa shape index (κ1) is 13.3. The Bertz CT molecular complexity index is 384. The van der Waals surface area contributed by atoms with E-state index in [-0.39, 0.29) is 29.1 Å². The molecule has 1 rings (SSSR count). The van der Waals surface area contributed by atoms with Crippen LogP contribution >= 0.6 is 0 Å². The first-order valence-corrected chi connectivity index (χ1v) is 5.49. The van der Waals surface area contributed by atoms with Crippen molar-refractivity contribution in [1.29, 1.82) is 0 Å². The standard InChI is InChI=1S/C12H18N2O3/c1-7(13)6-8(2)14-12(17)11-9(15)4-3-5-10(11)16/h3-5,7-8,15-16H,6,13H2,1-2H3,(H,14,17). The Balaban J connectivity index is 2.77. The Labute approximate surface area is 100 Å². The number of rotatable bonds is 4. The van der Waals surface area contributed by atoms with Crippen LogP contribution in [0.15, 0.2) is 18.2 Å². The van der Waals surface area contributed by atoms with E-state index >= 15 is 0 Å². The highest BCUT2D eigenvalue weighted by Crippen LogP contribution is 2.25. The molecule has 5 N–H and O–H groups in total. The Hall–Kier alpha value is -1.75. The fourth-order valence-electron chi connectivity index (χ4n) is 1.67. The van der Waals surface area contributed by atoms with Crippen molar-refractivity contribution in [2.45, 2.75) is 32.4 Å². The summed E-state index contributed by atoms with van der Waals surface area (Å²) in [4.78, 5) is 11.8. The molecule has 2 atom stereocenters. The van der Waals surface area contributed by atoms with Crippen LogP contribution in [0, 0.1) is 0 Å². The van der Waals surface area contributed by atoms with Crippen molar-refractivity contribution in [3.63, 3.8) is 0 Å². The van der Waals surface area contributed by atoms with Crippen molar-refractivity contribution in [2.24, 2.45) is 5.73 Å². The van der Waals surface area contributed by atoms with Crippen LogP contribution < -0.4 is 11.1 Å². The summed E-state index contributed by atoms with van der Waals surface area (Å²) in [6.07, 6.45) is 0.625. The maximum absolute atomic E-state index is 11.8. The van der Waals surface area contributed by atoms with Gasteiger partial charge in [0.05, 0.1) is 0 Å². The van der Waals surface area contributed by atoms with E-state index in [1.54, 1.807) is 0 Å². The quantitative estimate of drug-likeness (QED) is 0.628. The summed E-state index contributed by atoms with van der Waals surface area (Å²) in [5, 5.41) is 21.7. The molecule has 0 aliphatic carbocycles. The average molecular weight is 238 g/mol. The van der Waals surface area contributed by atoms with Crippen molar-refractivity contribution in [3.05, 3.63) is 23.8 Å². The normalized spacial score (nSPS) is 14.1. The Morgan fingerprint density at radius 3 is 2.35 bits per heavy atom. The molecule has 0 aliphatic heterocycles. The average Bonchev–Trinajstić information content (AvgIpc) is 2.15. The molecule has 2 unspecified atom stereocenters. The smallest absolute Gasteiger partial charge is 0.259 e. The van der Waals surface area contributed by atoms with Crippen LogP contribution in [0.4, 0.5) is 0 Å². The van der Waals surface area contributed by atoms with Crippen molar-refractivity contribution < 1.29 is 15.0 Å². The summed E-state index contributed by atoms with van der Waals surface area (Å²) in [6.45, 7) is 3.67. The highest BCUT2D eigenvalue weighted by molar-refractivity contribution is 5.99. The molecule has 5 nitrogen and oxygen atoms in total. The van der Waals surface area contributed by atoms with Gasteiger partial charge < -0.3 is 21.3 Å². The number of aromatic hydroxyl groups is 2. The molecule has 0 bridgehead atoms. The lowest BCUT2D eigenvalue weighted by molar-refractivity contribution is 0.0932. The minimum atomic E-state index is -0.506. The zero-order chi connectivity index (χ0) is 13.0. The molecule has 1 aromatic rings. The van der Waals surface area contributed by atoms with E-state index in [1.165, 1.54) is 18.2 Å². The zero-order valence-electron chi connectivity index (χ0n) is 9.97. The minimum absolute atomic E-state index is 0.0248. The molecular weight excluding hydrogens is 220 g/mol. The van der Waals surface area contributed by atoms with E-state index < -0.39 is 5.91 Å². The lowest BCUT2D eigenvalue weighted by atomic mass is 10.1. The molecule has 94 valence electrons. The van der Waals surface area contributed by atoms with E-state index in [2.05, 4.69) is 5.32 Å². The van der Waals surface area contributed by atoms with Crippen molar-refractivity contribution >= 4 is 5.91 Å². The molecule has 0 saturated heterocycles. The predicted molar refractivity (Wildman–Crippen MR) is 65.0 cm³/mol. The SMILES string of the molecule is CC(N)CC(C)NC(=O)c1c(O)cccc1O. The molecule has 1 amide bonds. The molecule has 0 aromatic heterocycles. The second-order valence-electron chi connectivity index (χ2n) is 4.26. The van der Waals surface area contributed by atoms with Gasteiger partial charge in [-0.3, -0.25) is 4.79 Å². The first-order valence-electron chi connectivity index (χ1n) is 5.49. The van der Waals surface area contributed by atoms with Gasteiger partial charge in [0.2, 0.25) is 0 Å². The molecule has 0 aliphatic rings. The van der Waals surface area contributed by atoms with E-state index in [0.717, 1.165) is 0 Å². The van der Waals surface area contributed by atoms with Crippen LogP contribution in [0.3, 0.4) is 0 Å². The summed E-state index contributed by atoms with van der Waals surface area (Å²) in [7, 11) is 0. The molecule has 0 heterocycles. The van der Waals surface area contributed by atoms with Gasteiger partial charge in [-0.05, 0) is 32.4 Å². The Kier molecular flexibility index (Phi) is 4.34. The first-order chi connectivity index (χ1) is 7.91. The van der Waals surface area contributed by atoms with Gasteiger partial charge in [0.25, 0.3) is 5.91 Å². The number of carbonyl (C=O) groups is 1. The summed E-state index contributed by atoms with van der Waals surface area (Å²) in [6, 6.07) is 4.02. The monoisotopic (exact) mass is 238 g/mol. The topological polar surface area (TPSA) is 95.6 Å². The number of phenolic OH excluding ortho intramolecular Hbond substituents is 2. The van der Waals surface area contributed by atoms with Gasteiger partial charge in [-0.15, -0.1) is 0 Å². The van der Waals surface area contributed by atoms with Gasteiger partial charge in [0.15, 0.2) is 0 Å². The second kappa shape index (κ2) is 5.54. The van der Waals surface area contributed by atoms with Gasteiger partial charge in [-0.1, -0.05) is 6.07 Å². The van der Waals surface area contributed by atoms with Crippen molar-refractivity contribution in [3.8, 4) is 11.5 Å². The number of benzene rings is 1. The summed E-state index contributed by atoms with van der Waals surface area (Å²) < 4.78 is 0. The van der Waals surface area contributed by atoms with Crippen LogP contribution in [-0.4, -0.2) is 28.2 Å². The van der Waals surface area contributed by atoms with Crippen LogP contribution in [0.25, 0.3) is 0 Å². The third kappa shape index (κ3) is 3.64. The van der Waals surface area contributed by atoms with E-state index in [4.69, 9.17) is 5.73 Å². The lowest BCUT2D eigenvalue weighted by Crippen LogP contribution is -2.36. The lowest BCUT2D eigenvalue weighted by Gasteiger charge is -2.16. The molecule has 0 spiro atoms. The highest BCUT2D eigenvalue weighted by atomic mass is 16.3. The van der Waals surface area contributed by atoms with Crippen molar-refractivity contribution in [2.75, 3.05) is 0 Å². The highest BCUT2D eigenvalue weighted by Gasteiger charge is 2.18. The van der Waals surface area contributed by atoms with Crippen molar-refractivity contribution in [1.82, 2.24) is 5.32 Å². The molecule has 0 radical (unpaired) electrons. The third-order valence-corrected chi connectivity index (χ3v) is 2.35. The zero-order valence-corrected chi connectivity index (χ0v) is 9.97. The third-order valence-electron chi connectivity index (χ3n) is 2.35. The van der Waals surface area contributed by atoms with Crippen LogP contribution in [-0.2, 0) is 0 Å². The van der Waals surface area contributed by atoms with Gasteiger partial charge in [0.1, 0.15) is 17.1 Å². The molecular formula is C12H18N2O3. The second-order valence-corrected chi connectivity index (χ2v) is 4.26. The fraction of sp³-hybridized carbons (Fsp3) is 0.417. The number of nitrogens with one attached hydrogen (secondary N) is 1. The van der Waals surface area contributed by atoms with Gasteiger partial charge in [-0.25, -0.2) is 0 Å². The van der Waals surface area contributed by atoms with E-state index in [0.29, 0.717) is 6.42 Å². The predicted octanol–water partition coefficient (Wildman–Crippen LogP) is 0.953.